The molecular formula is C11H11ClO. The molecule has 0 bridgehead atoms. The minimum absolute atomic E-state index is 0.636. The van der Waals surface area contributed by atoms with Crippen molar-refractivity contribution in [2.45, 2.75) is 12.8 Å². The van der Waals surface area contributed by atoms with Crippen LogP contribution in [-0.2, 0) is 6.42 Å². The van der Waals surface area contributed by atoms with Gasteiger partial charge >= 0.3 is 0 Å². The quantitative estimate of drug-likeness (QED) is 0.673. The molecule has 0 saturated carbocycles. The van der Waals surface area contributed by atoms with E-state index in [0.717, 1.165) is 18.4 Å². The van der Waals surface area contributed by atoms with Gasteiger partial charge in [0.15, 0.2) is 0 Å². The molecule has 68 valence electrons. The monoisotopic (exact) mass is 194 g/mol. The van der Waals surface area contributed by atoms with E-state index in [0.29, 0.717) is 10.8 Å². The molecule has 0 spiro atoms. The molecule has 1 rings (SSSR count). The maximum absolute atomic E-state index is 5.93. The van der Waals surface area contributed by atoms with Crippen LogP contribution in [0.1, 0.15) is 12.0 Å². The van der Waals surface area contributed by atoms with E-state index < -0.39 is 0 Å². The molecule has 13 heavy (non-hydrogen) atoms. The first-order chi connectivity index (χ1) is 6.27. The number of rotatable bonds is 3. The van der Waals surface area contributed by atoms with Gasteiger partial charge in [-0.05, 0) is 24.1 Å². The fourth-order valence-corrected chi connectivity index (χ4v) is 1.36. The van der Waals surface area contributed by atoms with Crippen molar-refractivity contribution in [3.8, 4) is 18.1 Å². The van der Waals surface area contributed by atoms with Gasteiger partial charge in [0, 0.05) is 6.42 Å². The fourth-order valence-electron chi connectivity index (χ4n) is 1.08. The predicted octanol–water partition coefficient (Wildman–Crippen LogP) is 2.91. The van der Waals surface area contributed by atoms with Gasteiger partial charge in [0.2, 0.25) is 0 Å². The minimum atomic E-state index is 0.636. The molecule has 0 atom stereocenters. The number of hydrogen-bond acceptors (Lipinski definition) is 1. The zero-order valence-electron chi connectivity index (χ0n) is 7.51. The Bertz CT molecular complexity index is 325. The van der Waals surface area contributed by atoms with Crippen molar-refractivity contribution in [2.24, 2.45) is 0 Å². The first-order valence-corrected chi connectivity index (χ1v) is 4.41. The van der Waals surface area contributed by atoms with Gasteiger partial charge in [-0.2, -0.15) is 0 Å². The van der Waals surface area contributed by atoms with Crippen LogP contribution < -0.4 is 4.74 Å². The Kier molecular flexibility index (Phi) is 3.67. The van der Waals surface area contributed by atoms with E-state index in [9.17, 15) is 0 Å². The summed E-state index contributed by atoms with van der Waals surface area (Å²) in [7, 11) is 1.60. The van der Waals surface area contributed by atoms with E-state index in [-0.39, 0.29) is 0 Å². The number of terminal acetylenes is 1. The second kappa shape index (κ2) is 4.79. The molecule has 1 nitrogen and oxygen atoms in total. The molecule has 0 radical (unpaired) electrons. The van der Waals surface area contributed by atoms with Crippen LogP contribution in [0, 0.1) is 12.3 Å². The van der Waals surface area contributed by atoms with E-state index in [2.05, 4.69) is 5.92 Å². The lowest BCUT2D eigenvalue weighted by Gasteiger charge is -2.04. The van der Waals surface area contributed by atoms with Gasteiger partial charge < -0.3 is 4.74 Å². The summed E-state index contributed by atoms with van der Waals surface area (Å²) in [6.45, 7) is 0. The minimum Gasteiger partial charge on any atom is -0.495 e. The Morgan fingerprint density at radius 1 is 1.54 bits per heavy atom. The third-order valence-electron chi connectivity index (χ3n) is 1.77. The van der Waals surface area contributed by atoms with E-state index in [1.54, 1.807) is 7.11 Å². The van der Waals surface area contributed by atoms with Crippen molar-refractivity contribution in [3.63, 3.8) is 0 Å². The van der Waals surface area contributed by atoms with Crippen molar-refractivity contribution in [3.05, 3.63) is 28.8 Å². The Morgan fingerprint density at radius 2 is 2.31 bits per heavy atom. The molecule has 0 aromatic heterocycles. The average molecular weight is 195 g/mol. The van der Waals surface area contributed by atoms with Gasteiger partial charge in [0.1, 0.15) is 5.75 Å². The summed E-state index contributed by atoms with van der Waals surface area (Å²) < 4.78 is 5.03. The summed E-state index contributed by atoms with van der Waals surface area (Å²) in [5.41, 5.74) is 1.14. The van der Waals surface area contributed by atoms with Gasteiger partial charge in [-0.15, -0.1) is 12.3 Å². The van der Waals surface area contributed by atoms with E-state index >= 15 is 0 Å². The molecule has 0 amide bonds. The number of aryl methyl sites for hydroxylation is 1. The summed E-state index contributed by atoms with van der Waals surface area (Å²) in [6.07, 6.45) is 6.76. The number of benzene rings is 1. The highest BCUT2D eigenvalue weighted by Gasteiger charge is 2.00. The molecule has 0 unspecified atom stereocenters. The van der Waals surface area contributed by atoms with Gasteiger partial charge in [0.05, 0.1) is 12.1 Å². The van der Waals surface area contributed by atoms with Gasteiger partial charge in [-0.25, -0.2) is 0 Å². The summed E-state index contributed by atoms with van der Waals surface area (Å²) in [5.74, 6) is 3.29. The zero-order valence-corrected chi connectivity index (χ0v) is 8.27. The summed E-state index contributed by atoms with van der Waals surface area (Å²) in [4.78, 5) is 0. The lowest BCUT2D eigenvalue weighted by molar-refractivity contribution is 0.415. The second-order valence-electron chi connectivity index (χ2n) is 2.67. The topological polar surface area (TPSA) is 9.23 Å². The molecule has 0 saturated heterocycles. The van der Waals surface area contributed by atoms with Crippen LogP contribution in [0.3, 0.4) is 0 Å². The molecule has 0 N–H and O–H groups in total. The number of hydrogen-bond donors (Lipinski definition) is 0. The highest BCUT2D eigenvalue weighted by atomic mass is 35.5. The molecule has 0 aliphatic rings. The number of methoxy groups -OCH3 is 1. The summed E-state index contributed by atoms with van der Waals surface area (Å²) >= 11 is 5.93. The van der Waals surface area contributed by atoms with E-state index in [4.69, 9.17) is 22.8 Å². The van der Waals surface area contributed by atoms with E-state index in [1.807, 2.05) is 18.2 Å². The van der Waals surface area contributed by atoms with Crippen LogP contribution in [0.25, 0.3) is 0 Å². The van der Waals surface area contributed by atoms with Crippen molar-refractivity contribution in [1.82, 2.24) is 0 Å². The van der Waals surface area contributed by atoms with Crippen LogP contribution in [0.4, 0.5) is 0 Å². The Labute approximate surface area is 83.7 Å². The van der Waals surface area contributed by atoms with Crippen LogP contribution in [0.5, 0.6) is 5.75 Å². The molecule has 0 aliphatic carbocycles. The first-order valence-electron chi connectivity index (χ1n) is 4.04. The van der Waals surface area contributed by atoms with Gasteiger partial charge in [-0.1, -0.05) is 17.7 Å². The third-order valence-corrected chi connectivity index (χ3v) is 2.07. The smallest absolute Gasteiger partial charge is 0.137 e. The number of ether oxygens (including phenoxy) is 1. The van der Waals surface area contributed by atoms with Crippen LogP contribution in [0.15, 0.2) is 18.2 Å². The Balaban J connectivity index is 2.78. The van der Waals surface area contributed by atoms with Crippen LogP contribution in [0.2, 0.25) is 5.02 Å². The lowest BCUT2D eigenvalue weighted by Crippen LogP contribution is -1.87. The maximum atomic E-state index is 5.93. The van der Waals surface area contributed by atoms with Gasteiger partial charge in [-0.3, -0.25) is 0 Å². The van der Waals surface area contributed by atoms with Crippen LogP contribution >= 0.6 is 11.6 Å². The molecule has 1 aromatic carbocycles. The predicted molar refractivity (Wildman–Crippen MR) is 55.2 cm³/mol. The first kappa shape index (κ1) is 9.95. The summed E-state index contributed by atoms with van der Waals surface area (Å²) in [6, 6.07) is 5.72. The highest BCUT2D eigenvalue weighted by Crippen LogP contribution is 2.25. The standard InChI is InChI=1S/C11H11ClO/c1-3-4-5-9-6-7-11(13-2)10(12)8-9/h1,6-8H,4-5H2,2H3. The third kappa shape index (κ3) is 2.68. The van der Waals surface area contributed by atoms with Crippen molar-refractivity contribution < 1.29 is 4.74 Å². The highest BCUT2D eigenvalue weighted by molar-refractivity contribution is 6.32. The lowest BCUT2D eigenvalue weighted by atomic mass is 10.1. The van der Waals surface area contributed by atoms with Gasteiger partial charge in [0.25, 0.3) is 0 Å². The molecule has 0 fully saturated rings. The second-order valence-corrected chi connectivity index (χ2v) is 3.08. The normalized spacial score (nSPS) is 9.31. The SMILES string of the molecule is C#CCCc1ccc(OC)c(Cl)c1. The van der Waals surface area contributed by atoms with Crippen molar-refractivity contribution >= 4 is 11.6 Å². The Hall–Kier alpha value is -1.13. The van der Waals surface area contributed by atoms with Crippen LogP contribution in [-0.4, -0.2) is 7.11 Å². The molecule has 0 aliphatic heterocycles. The average Bonchev–Trinajstić information content (AvgIpc) is 2.15. The largest absolute Gasteiger partial charge is 0.495 e. The zero-order chi connectivity index (χ0) is 9.68. The Morgan fingerprint density at radius 3 is 2.85 bits per heavy atom. The molecular weight excluding hydrogens is 184 g/mol. The fraction of sp³-hybridized carbons (Fsp3) is 0.273. The molecule has 2 heteroatoms. The van der Waals surface area contributed by atoms with Crippen molar-refractivity contribution in [2.75, 3.05) is 7.11 Å². The molecule has 0 heterocycles. The van der Waals surface area contributed by atoms with Crippen molar-refractivity contribution in [1.29, 1.82) is 0 Å². The summed E-state index contributed by atoms with van der Waals surface area (Å²) in [5, 5.41) is 0.636. The number of halogens is 1. The van der Waals surface area contributed by atoms with E-state index in [1.165, 1.54) is 0 Å². The molecule has 1 aromatic rings. The maximum Gasteiger partial charge on any atom is 0.137 e.